The van der Waals surface area contributed by atoms with Crippen LogP contribution >= 0.6 is 0 Å². The Bertz CT molecular complexity index is 461. The highest BCUT2D eigenvalue weighted by molar-refractivity contribution is 5.80. The van der Waals surface area contributed by atoms with Crippen LogP contribution in [0.5, 0.6) is 5.75 Å². The summed E-state index contributed by atoms with van der Waals surface area (Å²) < 4.78 is 11.2. The molecular weight excluding hydrogens is 268 g/mol. The van der Waals surface area contributed by atoms with Crippen molar-refractivity contribution < 1.29 is 14.3 Å². The first-order valence-electron chi connectivity index (χ1n) is 7.40. The fraction of sp³-hybridized carbons (Fsp3) is 0.562. The number of nitrogens with two attached hydrogens (primary N) is 1. The summed E-state index contributed by atoms with van der Waals surface area (Å²) in [6, 6.07) is 7.87. The summed E-state index contributed by atoms with van der Waals surface area (Å²) in [4.78, 5) is 13.9. The molecule has 2 rings (SSSR count). The molecule has 0 aliphatic carbocycles. The minimum atomic E-state index is -0.345. The van der Waals surface area contributed by atoms with Crippen molar-refractivity contribution in [2.45, 2.75) is 32.0 Å². The number of nitrogens with zero attached hydrogens (tertiary/aromatic N) is 1. The van der Waals surface area contributed by atoms with Crippen molar-refractivity contribution in [3.8, 4) is 5.75 Å². The maximum absolute atomic E-state index is 12.2. The molecule has 1 amide bonds. The summed E-state index contributed by atoms with van der Waals surface area (Å²) >= 11 is 0. The number of carbonyl (C=O) groups excluding carboxylic acids is 1. The van der Waals surface area contributed by atoms with Crippen LogP contribution in [0.3, 0.4) is 0 Å². The van der Waals surface area contributed by atoms with Gasteiger partial charge in [0.05, 0.1) is 12.6 Å². The second-order valence-electron chi connectivity index (χ2n) is 5.48. The number of hydrogen-bond acceptors (Lipinski definition) is 4. The largest absolute Gasteiger partial charge is 0.492 e. The number of ether oxygens (including phenoxy) is 2. The number of likely N-dealkylation sites (N-methyl/N-ethyl adjacent to an activating group) is 1. The fourth-order valence-corrected chi connectivity index (χ4v) is 2.35. The van der Waals surface area contributed by atoms with Gasteiger partial charge >= 0.3 is 0 Å². The fourth-order valence-electron chi connectivity index (χ4n) is 2.35. The number of amides is 1. The summed E-state index contributed by atoms with van der Waals surface area (Å²) in [6.45, 7) is 3.52. The van der Waals surface area contributed by atoms with Gasteiger partial charge in [-0.25, -0.2) is 0 Å². The Labute approximate surface area is 126 Å². The van der Waals surface area contributed by atoms with E-state index in [0.29, 0.717) is 19.7 Å². The van der Waals surface area contributed by atoms with Crippen LogP contribution in [0.15, 0.2) is 24.3 Å². The van der Waals surface area contributed by atoms with Crippen molar-refractivity contribution in [1.82, 2.24) is 4.90 Å². The quantitative estimate of drug-likeness (QED) is 0.859. The Kier molecular flexibility index (Phi) is 5.59. The molecular formula is C16H24N2O3. The van der Waals surface area contributed by atoms with Crippen LogP contribution < -0.4 is 10.5 Å². The number of hydrogen-bond donors (Lipinski definition) is 1. The molecule has 1 aliphatic heterocycles. The lowest BCUT2D eigenvalue weighted by molar-refractivity contribution is -0.141. The first-order chi connectivity index (χ1) is 10.1. The number of carbonyl (C=O) groups is 1. The van der Waals surface area contributed by atoms with Gasteiger partial charge in [-0.05, 0) is 31.9 Å². The average molecular weight is 292 g/mol. The van der Waals surface area contributed by atoms with Crippen LogP contribution in [0, 0.1) is 6.92 Å². The third-order valence-electron chi connectivity index (χ3n) is 3.74. The van der Waals surface area contributed by atoms with Crippen LogP contribution in [-0.4, -0.2) is 49.8 Å². The normalized spacial score (nSPS) is 21.3. The lowest BCUT2D eigenvalue weighted by Crippen LogP contribution is -2.39. The van der Waals surface area contributed by atoms with Crippen LogP contribution in [0.4, 0.5) is 0 Å². The van der Waals surface area contributed by atoms with E-state index in [9.17, 15) is 4.79 Å². The van der Waals surface area contributed by atoms with Crippen LogP contribution in [-0.2, 0) is 9.53 Å². The Morgan fingerprint density at radius 2 is 2.10 bits per heavy atom. The molecule has 2 atom stereocenters. The van der Waals surface area contributed by atoms with Crippen LogP contribution in [0.2, 0.25) is 0 Å². The Hall–Kier alpha value is -1.59. The summed E-state index contributed by atoms with van der Waals surface area (Å²) in [5.74, 6) is 0.834. The maximum Gasteiger partial charge on any atom is 0.251 e. The molecule has 21 heavy (non-hydrogen) atoms. The molecule has 116 valence electrons. The van der Waals surface area contributed by atoms with E-state index in [1.165, 1.54) is 5.56 Å². The van der Waals surface area contributed by atoms with E-state index in [1.807, 2.05) is 31.2 Å². The molecule has 0 saturated carbocycles. The van der Waals surface area contributed by atoms with Gasteiger partial charge in [-0.15, -0.1) is 0 Å². The minimum absolute atomic E-state index is 0.0125. The van der Waals surface area contributed by atoms with Crippen molar-refractivity contribution in [2.24, 2.45) is 5.73 Å². The smallest absolute Gasteiger partial charge is 0.251 e. The maximum atomic E-state index is 12.2. The van der Waals surface area contributed by atoms with E-state index in [-0.39, 0.29) is 18.1 Å². The van der Waals surface area contributed by atoms with Crippen molar-refractivity contribution in [1.29, 1.82) is 0 Å². The van der Waals surface area contributed by atoms with Gasteiger partial charge in [-0.2, -0.15) is 0 Å². The molecule has 1 fully saturated rings. The van der Waals surface area contributed by atoms with Gasteiger partial charge in [-0.3, -0.25) is 4.79 Å². The summed E-state index contributed by atoms with van der Waals surface area (Å²) in [5.41, 5.74) is 6.75. The molecule has 5 heteroatoms. The first-order valence-corrected chi connectivity index (χ1v) is 7.40. The van der Waals surface area contributed by atoms with Gasteiger partial charge in [0, 0.05) is 13.6 Å². The lowest BCUT2D eigenvalue weighted by atomic mass is 10.2. The predicted molar refractivity (Wildman–Crippen MR) is 81.3 cm³/mol. The van der Waals surface area contributed by atoms with Crippen LogP contribution in [0.1, 0.15) is 18.4 Å². The molecule has 1 saturated heterocycles. The standard InChI is InChI=1S/C16H24N2O3/c1-12-3-5-13(6-4-12)20-10-9-18(2)16(19)15-8-7-14(11-17)21-15/h3-6,14-15H,7-11,17H2,1-2H3. The van der Waals surface area contributed by atoms with Gasteiger partial charge in [0.15, 0.2) is 0 Å². The topological polar surface area (TPSA) is 64.8 Å². The molecule has 1 heterocycles. The third kappa shape index (κ3) is 4.44. The molecule has 0 spiro atoms. The van der Waals surface area contributed by atoms with Crippen molar-refractivity contribution in [3.05, 3.63) is 29.8 Å². The zero-order valence-corrected chi connectivity index (χ0v) is 12.7. The van der Waals surface area contributed by atoms with Gasteiger partial charge in [0.25, 0.3) is 5.91 Å². The van der Waals surface area contributed by atoms with Crippen molar-refractivity contribution >= 4 is 5.91 Å². The lowest BCUT2D eigenvalue weighted by Gasteiger charge is -2.21. The van der Waals surface area contributed by atoms with Crippen LogP contribution in [0.25, 0.3) is 0 Å². The van der Waals surface area contributed by atoms with Gasteiger partial charge < -0.3 is 20.1 Å². The number of rotatable bonds is 6. The highest BCUT2D eigenvalue weighted by Crippen LogP contribution is 2.20. The second-order valence-corrected chi connectivity index (χ2v) is 5.48. The van der Waals surface area contributed by atoms with E-state index in [1.54, 1.807) is 11.9 Å². The SMILES string of the molecule is Cc1ccc(OCCN(C)C(=O)C2CCC(CN)O2)cc1. The van der Waals surface area contributed by atoms with Gasteiger partial charge in [-0.1, -0.05) is 17.7 Å². The summed E-state index contributed by atoms with van der Waals surface area (Å²) in [5, 5.41) is 0. The monoisotopic (exact) mass is 292 g/mol. The second kappa shape index (κ2) is 7.43. The molecule has 2 unspecified atom stereocenters. The number of benzene rings is 1. The Balaban J connectivity index is 1.72. The average Bonchev–Trinajstić information content (AvgIpc) is 2.97. The first kappa shape index (κ1) is 15.8. The van der Waals surface area contributed by atoms with Crippen molar-refractivity contribution in [3.63, 3.8) is 0 Å². The molecule has 1 aliphatic rings. The van der Waals surface area contributed by atoms with E-state index in [0.717, 1.165) is 18.6 Å². The predicted octanol–water partition coefficient (Wildman–Crippen LogP) is 1.34. The summed E-state index contributed by atoms with van der Waals surface area (Å²) in [7, 11) is 1.78. The summed E-state index contributed by atoms with van der Waals surface area (Å²) in [6.07, 6.45) is 1.30. The Morgan fingerprint density at radius 1 is 1.38 bits per heavy atom. The molecule has 1 aromatic carbocycles. The van der Waals surface area contributed by atoms with E-state index < -0.39 is 0 Å². The highest BCUT2D eigenvalue weighted by Gasteiger charge is 2.31. The Morgan fingerprint density at radius 3 is 2.71 bits per heavy atom. The van der Waals surface area contributed by atoms with E-state index in [4.69, 9.17) is 15.2 Å². The van der Waals surface area contributed by atoms with E-state index >= 15 is 0 Å². The van der Waals surface area contributed by atoms with Gasteiger partial charge in [0.2, 0.25) is 0 Å². The van der Waals surface area contributed by atoms with E-state index in [2.05, 4.69) is 0 Å². The number of aryl methyl sites for hydroxylation is 1. The molecule has 0 bridgehead atoms. The molecule has 5 nitrogen and oxygen atoms in total. The molecule has 0 radical (unpaired) electrons. The zero-order chi connectivity index (χ0) is 15.2. The van der Waals surface area contributed by atoms with Crippen molar-refractivity contribution in [2.75, 3.05) is 26.7 Å². The third-order valence-corrected chi connectivity index (χ3v) is 3.74. The minimum Gasteiger partial charge on any atom is -0.492 e. The van der Waals surface area contributed by atoms with Gasteiger partial charge in [0.1, 0.15) is 18.5 Å². The molecule has 1 aromatic rings. The molecule has 2 N–H and O–H groups in total. The zero-order valence-electron chi connectivity index (χ0n) is 12.7. The highest BCUT2D eigenvalue weighted by atomic mass is 16.5. The molecule has 0 aromatic heterocycles.